The molecule has 24 heavy (non-hydrogen) atoms. The lowest BCUT2D eigenvalue weighted by atomic mass is 10.0. The molecule has 2 saturated heterocycles. The van der Waals surface area contributed by atoms with Crippen LogP contribution < -0.4 is 0 Å². The molecule has 132 valence electrons. The Labute approximate surface area is 136 Å². The van der Waals surface area contributed by atoms with Crippen molar-refractivity contribution in [2.75, 3.05) is 13.2 Å². The van der Waals surface area contributed by atoms with Crippen LogP contribution >= 0.6 is 0 Å². The van der Waals surface area contributed by atoms with Gasteiger partial charge in [0, 0.05) is 6.54 Å². The molecule has 2 aliphatic heterocycles. The molecule has 0 spiro atoms. The summed E-state index contributed by atoms with van der Waals surface area (Å²) >= 11 is 0. The van der Waals surface area contributed by atoms with E-state index in [2.05, 4.69) is 14.4 Å². The van der Waals surface area contributed by atoms with Crippen molar-refractivity contribution in [1.82, 2.24) is 20.1 Å². The third-order valence-electron chi connectivity index (χ3n) is 3.68. The molecular formula is C11H14N4O8S. The SMILES string of the molecule is CCOC(=O)c1noc([C@H]2CC[C@H]3CN2C(=O)N3OS(=O)(=O)O)n1. The van der Waals surface area contributed by atoms with E-state index < -0.39 is 34.5 Å². The highest BCUT2D eigenvalue weighted by Gasteiger charge is 2.49. The van der Waals surface area contributed by atoms with E-state index in [9.17, 15) is 18.0 Å². The van der Waals surface area contributed by atoms with Crippen molar-refractivity contribution < 1.29 is 36.1 Å². The van der Waals surface area contributed by atoms with Crippen molar-refractivity contribution in [3.63, 3.8) is 0 Å². The molecule has 2 bridgehead atoms. The lowest BCUT2D eigenvalue weighted by Crippen LogP contribution is -2.35. The van der Waals surface area contributed by atoms with Gasteiger partial charge >= 0.3 is 22.4 Å². The second-order valence-electron chi connectivity index (χ2n) is 5.19. The second-order valence-corrected chi connectivity index (χ2v) is 6.19. The Morgan fingerprint density at radius 1 is 1.46 bits per heavy atom. The average Bonchev–Trinajstić information content (AvgIpc) is 3.08. The van der Waals surface area contributed by atoms with Crippen LogP contribution in [-0.4, -0.2) is 64.3 Å². The molecule has 1 aromatic rings. The molecule has 2 amide bonds. The summed E-state index contributed by atoms with van der Waals surface area (Å²) in [6, 6.07) is -1.90. The van der Waals surface area contributed by atoms with E-state index in [1.165, 1.54) is 4.90 Å². The predicted octanol–water partition coefficient (Wildman–Crippen LogP) is -0.0782. The number of nitrogens with zero attached hydrogens (tertiary/aromatic N) is 4. The van der Waals surface area contributed by atoms with Gasteiger partial charge in [-0.25, -0.2) is 9.59 Å². The fourth-order valence-corrected chi connectivity index (χ4v) is 3.13. The summed E-state index contributed by atoms with van der Waals surface area (Å²) in [7, 11) is -4.81. The summed E-state index contributed by atoms with van der Waals surface area (Å²) in [4.78, 5) is 29.0. The standard InChI is InChI=1S/C11H14N4O8S/c1-2-21-10(16)8-12-9(22-13-8)7-4-3-6-5-14(7)11(17)15(6)23-24(18,19)20/h6-7H,2-5H2,1H3,(H,18,19,20)/t6-,7+/m0/s1. The zero-order valence-corrected chi connectivity index (χ0v) is 13.3. The van der Waals surface area contributed by atoms with Gasteiger partial charge in [0.25, 0.3) is 5.82 Å². The van der Waals surface area contributed by atoms with Crippen LogP contribution in [0, 0.1) is 0 Å². The first kappa shape index (κ1) is 16.6. The topological polar surface area (TPSA) is 152 Å². The Balaban J connectivity index is 1.78. The number of fused-ring (bicyclic) bond motifs is 2. The number of piperidine rings is 1. The van der Waals surface area contributed by atoms with Crippen LogP contribution in [0.4, 0.5) is 4.79 Å². The van der Waals surface area contributed by atoms with E-state index in [0.29, 0.717) is 17.9 Å². The van der Waals surface area contributed by atoms with Gasteiger partial charge in [-0.3, -0.25) is 4.55 Å². The first-order chi connectivity index (χ1) is 11.3. The molecule has 3 rings (SSSR count). The van der Waals surface area contributed by atoms with Gasteiger partial charge in [0.1, 0.15) is 6.04 Å². The second kappa shape index (κ2) is 5.99. The van der Waals surface area contributed by atoms with Crippen LogP contribution in [0.3, 0.4) is 0 Å². The molecule has 0 unspecified atom stereocenters. The molecule has 0 aromatic carbocycles. The predicted molar refractivity (Wildman–Crippen MR) is 72.6 cm³/mol. The molecule has 12 nitrogen and oxygen atoms in total. The van der Waals surface area contributed by atoms with Gasteiger partial charge in [-0.15, -0.1) is 4.28 Å². The molecule has 2 atom stereocenters. The molecule has 2 fully saturated rings. The van der Waals surface area contributed by atoms with Gasteiger partial charge in [-0.05, 0) is 24.9 Å². The normalized spacial score (nSPS) is 23.7. The summed E-state index contributed by atoms with van der Waals surface area (Å²) in [6.07, 6.45) is 0.783. The Morgan fingerprint density at radius 2 is 2.21 bits per heavy atom. The van der Waals surface area contributed by atoms with E-state index in [1.54, 1.807) is 6.92 Å². The lowest BCUT2D eigenvalue weighted by Gasteiger charge is -2.27. The number of carbonyl (C=O) groups is 2. The fourth-order valence-electron chi connectivity index (χ4n) is 2.74. The monoisotopic (exact) mass is 362 g/mol. The maximum Gasteiger partial charge on any atom is 0.418 e. The molecule has 2 aliphatic rings. The number of esters is 1. The maximum atomic E-state index is 12.3. The molecular weight excluding hydrogens is 348 g/mol. The number of urea groups is 1. The first-order valence-corrected chi connectivity index (χ1v) is 8.44. The van der Waals surface area contributed by atoms with Crippen LogP contribution in [-0.2, 0) is 19.4 Å². The van der Waals surface area contributed by atoms with Crippen molar-refractivity contribution in [2.45, 2.75) is 31.8 Å². The molecule has 3 heterocycles. The largest absolute Gasteiger partial charge is 0.460 e. The summed E-state index contributed by atoms with van der Waals surface area (Å²) < 4.78 is 44.5. The minimum absolute atomic E-state index is 0.0403. The number of carbonyl (C=O) groups excluding carboxylic acids is 2. The van der Waals surface area contributed by atoms with E-state index in [1.807, 2.05) is 0 Å². The van der Waals surface area contributed by atoms with E-state index >= 15 is 0 Å². The van der Waals surface area contributed by atoms with Gasteiger partial charge in [0.05, 0.1) is 12.6 Å². The number of hydrogen-bond donors (Lipinski definition) is 1. The van der Waals surface area contributed by atoms with Gasteiger partial charge in [-0.2, -0.15) is 18.5 Å². The minimum Gasteiger partial charge on any atom is -0.460 e. The number of hydrogen-bond acceptors (Lipinski definition) is 9. The van der Waals surface area contributed by atoms with Crippen molar-refractivity contribution in [2.24, 2.45) is 0 Å². The number of amides is 2. The van der Waals surface area contributed by atoms with E-state index in [0.717, 1.165) is 0 Å². The molecule has 0 aliphatic carbocycles. The third-order valence-corrected chi connectivity index (χ3v) is 4.03. The first-order valence-electron chi connectivity index (χ1n) is 7.07. The van der Waals surface area contributed by atoms with Crippen LogP contribution in [0.25, 0.3) is 0 Å². The maximum absolute atomic E-state index is 12.3. The van der Waals surface area contributed by atoms with Gasteiger partial charge in [0.15, 0.2) is 0 Å². The van der Waals surface area contributed by atoms with Gasteiger partial charge in [-0.1, -0.05) is 0 Å². The zero-order valence-electron chi connectivity index (χ0n) is 12.5. The average molecular weight is 362 g/mol. The number of ether oxygens (including phenoxy) is 1. The Hall–Kier alpha value is -2.25. The van der Waals surface area contributed by atoms with Gasteiger partial charge in [0.2, 0.25) is 5.89 Å². The number of hydroxylamine groups is 2. The highest BCUT2D eigenvalue weighted by Crippen LogP contribution is 2.38. The molecule has 1 N–H and O–H groups in total. The smallest absolute Gasteiger partial charge is 0.418 e. The van der Waals surface area contributed by atoms with Crippen molar-refractivity contribution in [1.29, 1.82) is 0 Å². The van der Waals surface area contributed by atoms with Crippen LogP contribution in [0.1, 0.15) is 42.3 Å². The number of rotatable bonds is 5. The minimum atomic E-state index is -4.81. The molecule has 0 radical (unpaired) electrons. The lowest BCUT2D eigenvalue weighted by molar-refractivity contribution is -0.0317. The Bertz CT molecular complexity index is 762. The zero-order chi connectivity index (χ0) is 17.5. The highest BCUT2D eigenvalue weighted by molar-refractivity contribution is 7.80. The van der Waals surface area contributed by atoms with Crippen LogP contribution in [0.2, 0.25) is 0 Å². The van der Waals surface area contributed by atoms with Crippen LogP contribution in [0.5, 0.6) is 0 Å². The molecule has 13 heteroatoms. The summed E-state index contributed by atoms with van der Waals surface area (Å²) in [5, 5.41) is 4.13. The van der Waals surface area contributed by atoms with Crippen molar-refractivity contribution in [3.05, 3.63) is 11.7 Å². The van der Waals surface area contributed by atoms with Gasteiger partial charge < -0.3 is 14.2 Å². The molecule has 1 aromatic heterocycles. The highest BCUT2D eigenvalue weighted by atomic mass is 32.3. The Kier molecular flexibility index (Phi) is 4.15. The van der Waals surface area contributed by atoms with Crippen molar-refractivity contribution >= 4 is 22.4 Å². The summed E-state index contributed by atoms with van der Waals surface area (Å²) in [5.41, 5.74) is 0. The number of aromatic nitrogens is 2. The van der Waals surface area contributed by atoms with E-state index in [4.69, 9.17) is 13.8 Å². The van der Waals surface area contributed by atoms with E-state index in [-0.39, 0.29) is 24.9 Å². The Morgan fingerprint density at radius 3 is 2.88 bits per heavy atom. The fraction of sp³-hybridized carbons (Fsp3) is 0.636. The van der Waals surface area contributed by atoms with Crippen LogP contribution in [0.15, 0.2) is 4.52 Å². The summed E-state index contributed by atoms with van der Waals surface area (Å²) in [5.74, 6) is -0.963. The quantitative estimate of drug-likeness (QED) is 0.556. The summed E-state index contributed by atoms with van der Waals surface area (Å²) in [6.45, 7) is 1.95. The van der Waals surface area contributed by atoms with Crippen molar-refractivity contribution in [3.8, 4) is 0 Å². The third kappa shape index (κ3) is 3.05. The molecule has 0 saturated carbocycles.